The molecule has 0 aliphatic rings. The number of ketones is 1. The van der Waals surface area contributed by atoms with Crippen LogP contribution in [0.3, 0.4) is 0 Å². The Kier molecular flexibility index (Phi) is 4.11. The van der Waals surface area contributed by atoms with Crippen molar-refractivity contribution in [1.82, 2.24) is 0 Å². The van der Waals surface area contributed by atoms with E-state index < -0.39 is 0 Å². The summed E-state index contributed by atoms with van der Waals surface area (Å²) in [5.41, 5.74) is 1.79. The van der Waals surface area contributed by atoms with Gasteiger partial charge in [-0.2, -0.15) is 0 Å². The first-order valence-corrected chi connectivity index (χ1v) is 5.70. The van der Waals surface area contributed by atoms with Crippen LogP contribution in [0.1, 0.15) is 49.5 Å². The Labute approximate surface area is 97.6 Å². The van der Waals surface area contributed by atoms with E-state index in [0.29, 0.717) is 11.5 Å². The van der Waals surface area contributed by atoms with Crippen LogP contribution < -0.4 is 4.74 Å². The summed E-state index contributed by atoms with van der Waals surface area (Å²) in [4.78, 5) is 12.0. The summed E-state index contributed by atoms with van der Waals surface area (Å²) >= 11 is 0. The highest BCUT2D eigenvalue weighted by Crippen LogP contribution is 2.31. The molecule has 2 heteroatoms. The van der Waals surface area contributed by atoms with Crippen molar-refractivity contribution in [1.29, 1.82) is 0 Å². The summed E-state index contributed by atoms with van der Waals surface area (Å²) in [5.74, 6) is 1.22. The molecule has 2 nitrogen and oxygen atoms in total. The maximum Gasteiger partial charge on any atom is 0.169 e. The third-order valence-corrected chi connectivity index (χ3v) is 2.66. The molecule has 0 atom stereocenters. The smallest absolute Gasteiger partial charge is 0.169 e. The molecular formula is C14H20O2. The Bertz CT molecular complexity index is 378. The lowest BCUT2D eigenvalue weighted by Crippen LogP contribution is -2.10. The van der Waals surface area contributed by atoms with Crippen LogP contribution in [-0.4, -0.2) is 12.9 Å². The SMILES string of the molecule is COc1c(C(=O)C(C)C)cccc1C(C)C. The molecule has 0 saturated carbocycles. The third kappa shape index (κ3) is 2.43. The molecule has 0 radical (unpaired) electrons. The van der Waals surface area contributed by atoms with Crippen LogP contribution in [0.15, 0.2) is 18.2 Å². The number of hydrogen-bond acceptors (Lipinski definition) is 2. The number of hydrogen-bond donors (Lipinski definition) is 0. The van der Waals surface area contributed by atoms with E-state index in [0.717, 1.165) is 11.3 Å². The largest absolute Gasteiger partial charge is 0.496 e. The van der Waals surface area contributed by atoms with Gasteiger partial charge >= 0.3 is 0 Å². The zero-order valence-corrected chi connectivity index (χ0v) is 10.7. The molecule has 0 amide bonds. The zero-order valence-electron chi connectivity index (χ0n) is 10.7. The van der Waals surface area contributed by atoms with Gasteiger partial charge in [0.05, 0.1) is 12.7 Å². The Morgan fingerprint density at radius 1 is 1.19 bits per heavy atom. The van der Waals surface area contributed by atoms with E-state index in [4.69, 9.17) is 4.74 Å². The molecule has 0 saturated heterocycles. The molecule has 0 bridgehead atoms. The van der Waals surface area contributed by atoms with Gasteiger partial charge in [-0.3, -0.25) is 4.79 Å². The number of benzene rings is 1. The van der Waals surface area contributed by atoms with Gasteiger partial charge in [0.1, 0.15) is 5.75 Å². The van der Waals surface area contributed by atoms with Crippen LogP contribution in [0.4, 0.5) is 0 Å². The third-order valence-electron chi connectivity index (χ3n) is 2.66. The van der Waals surface area contributed by atoms with Crippen molar-refractivity contribution in [3.63, 3.8) is 0 Å². The molecule has 0 aliphatic carbocycles. The predicted molar refractivity (Wildman–Crippen MR) is 66.3 cm³/mol. The fraction of sp³-hybridized carbons (Fsp3) is 0.500. The van der Waals surface area contributed by atoms with Gasteiger partial charge in [-0.25, -0.2) is 0 Å². The minimum Gasteiger partial charge on any atom is -0.496 e. The average molecular weight is 220 g/mol. The average Bonchev–Trinajstić information content (AvgIpc) is 2.26. The van der Waals surface area contributed by atoms with Crippen molar-refractivity contribution in [3.8, 4) is 5.75 Å². The molecule has 0 spiro atoms. The Morgan fingerprint density at radius 2 is 1.81 bits per heavy atom. The van der Waals surface area contributed by atoms with Gasteiger partial charge in [0, 0.05) is 5.92 Å². The number of para-hydroxylation sites is 1. The van der Waals surface area contributed by atoms with Gasteiger partial charge < -0.3 is 4.74 Å². The van der Waals surface area contributed by atoms with Crippen molar-refractivity contribution in [2.75, 3.05) is 7.11 Å². The van der Waals surface area contributed by atoms with E-state index in [1.165, 1.54) is 0 Å². The highest BCUT2D eigenvalue weighted by atomic mass is 16.5. The second kappa shape index (κ2) is 5.15. The molecule has 88 valence electrons. The normalized spacial score (nSPS) is 10.9. The Hall–Kier alpha value is -1.31. The molecule has 16 heavy (non-hydrogen) atoms. The quantitative estimate of drug-likeness (QED) is 0.724. The molecule has 1 aromatic rings. The molecule has 1 aromatic carbocycles. The highest BCUT2D eigenvalue weighted by molar-refractivity contribution is 6.00. The Balaban J connectivity index is 3.29. The maximum absolute atomic E-state index is 12.0. The van der Waals surface area contributed by atoms with Crippen LogP contribution in [0.25, 0.3) is 0 Å². The van der Waals surface area contributed by atoms with E-state index in [1.54, 1.807) is 7.11 Å². The van der Waals surface area contributed by atoms with Gasteiger partial charge in [-0.1, -0.05) is 39.8 Å². The van der Waals surface area contributed by atoms with Gasteiger partial charge in [0.2, 0.25) is 0 Å². The Morgan fingerprint density at radius 3 is 2.25 bits per heavy atom. The van der Waals surface area contributed by atoms with E-state index >= 15 is 0 Å². The van der Waals surface area contributed by atoms with Gasteiger partial charge in [-0.15, -0.1) is 0 Å². The minimum atomic E-state index is -0.00341. The van der Waals surface area contributed by atoms with E-state index in [9.17, 15) is 4.79 Å². The van der Waals surface area contributed by atoms with Gasteiger partial charge in [0.15, 0.2) is 5.78 Å². The molecule has 1 rings (SSSR count). The molecule has 0 unspecified atom stereocenters. The fourth-order valence-corrected chi connectivity index (χ4v) is 1.74. The van der Waals surface area contributed by atoms with E-state index in [2.05, 4.69) is 13.8 Å². The molecule has 0 N–H and O–H groups in total. The first-order chi connectivity index (χ1) is 7.49. The molecular weight excluding hydrogens is 200 g/mol. The van der Waals surface area contributed by atoms with Crippen LogP contribution in [0, 0.1) is 5.92 Å². The van der Waals surface area contributed by atoms with Crippen molar-refractivity contribution >= 4 is 5.78 Å². The number of carbonyl (C=O) groups excluding carboxylic acids is 1. The summed E-state index contributed by atoms with van der Waals surface area (Å²) in [7, 11) is 1.62. The number of ether oxygens (including phenoxy) is 1. The van der Waals surface area contributed by atoms with Crippen LogP contribution in [0.5, 0.6) is 5.75 Å². The number of rotatable bonds is 4. The standard InChI is InChI=1S/C14H20O2/c1-9(2)11-7-6-8-12(14(11)16-5)13(15)10(3)4/h6-10H,1-5H3. The van der Waals surface area contributed by atoms with E-state index in [-0.39, 0.29) is 11.7 Å². The topological polar surface area (TPSA) is 26.3 Å². The van der Waals surface area contributed by atoms with E-state index in [1.807, 2.05) is 32.0 Å². The monoisotopic (exact) mass is 220 g/mol. The fourth-order valence-electron chi connectivity index (χ4n) is 1.74. The van der Waals surface area contributed by atoms with Crippen LogP contribution in [0.2, 0.25) is 0 Å². The second-order valence-corrected chi connectivity index (χ2v) is 4.60. The van der Waals surface area contributed by atoms with Gasteiger partial charge in [-0.05, 0) is 17.5 Å². The summed E-state index contributed by atoms with van der Waals surface area (Å²) in [6, 6.07) is 5.78. The number of Topliss-reactive ketones (excluding diaryl/α,β-unsaturated/α-hetero) is 1. The summed E-state index contributed by atoms with van der Waals surface area (Å²) in [5, 5.41) is 0. The zero-order chi connectivity index (χ0) is 12.3. The first kappa shape index (κ1) is 12.8. The molecule has 0 aromatic heterocycles. The number of carbonyl (C=O) groups is 1. The highest BCUT2D eigenvalue weighted by Gasteiger charge is 2.19. The summed E-state index contributed by atoms with van der Waals surface area (Å²) in [6.07, 6.45) is 0. The molecule has 0 heterocycles. The molecule has 0 fully saturated rings. The summed E-state index contributed by atoms with van der Waals surface area (Å²) in [6.45, 7) is 8.01. The van der Waals surface area contributed by atoms with Crippen molar-refractivity contribution in [2.45, 2.75) is 33.6 Å². The van der Waals surface area contributed by atoms with Gasteiger partial charge in [0.25, 0.3) is 0 Å². The lowest BCUT2D eigenvalue weighted by molar-refractivity contribution is 0.0936. The predicted octanol–water partition coefficient (Wildman–Crippen LogP) is 3.66. The minimum absolute atomic E-state index is 0.00341. The van der Waals surface area contributed by atoms with Crippen molar-refractivity contribution < 1.29 is 9.53 Å². The maximum atomic E-state index is 12.0. The van der Waals surface area contributed by atoms with Crippen LogP contribution in [-0.2, 0) is 0 Å². The van der Waals surface area contributed by atoms with Crippen molar-refractivity contribution in [2.24, 2.45) is 5.92 Å². The lowest BCUT2D eigenvalue weighted by Gasteiger charge is -2.16. The number of methoxy groups -OCH3 is 1. The molecule has 0 aliphatic heterocycles. The van der Waals surface area contributed by atoms with Crippen LogP contribution >= 0.6 is 0 Å². The summed E-state index contributed by atoms with van der Waals surface area (Å²) < 4.78 is 5.39. The first-order valence-electron chi connectivity index (χ1n) is 5.70. The second-order valence-electron chi connectivity index (χ2n) is 4.60. The van der Waals surface area contributed by atoms with Crippen molar-refractivity contribution in [3.05, 3.63) is 29.3 Å². The lowest BCUT2D eigenvalue weighted by atomic mass is 9.94.